The van der Waals surface area contributed by atoms with Gasteiger partial charge in [0, 0.05) is 10.6 Å². The number of nitriles is 1. The number of carbonyl (C=O) groups excluding carboxylic acids is 3. The Hall–Kier alpha value is -3.51. The van der Waals surface area contributed by atoms with Gasteiger partial charge in [0.2, 0.25) is 5.91 Å². The Labute approximate surface area is 168 Å². The van der Waals surface area contributed by atoms with Gasteiger partial charge in [0.25, 0.3) is 5.91 Å². The molecule has 7 nitrogen and oxygen atoms in total. The number of carbonyl (C=O) groups is 3. The molecular weight excluding hydrogens is 406 g/mol. The van der Waals surface area contributed by atoms with Crippen LogP contribution in [0.1, 0.15) is 18.1 Å². The largest absolute Gasteiger partial charge is 0.325 e. The van der Waals surface area contributed by atoms with E-state index in [-0.39, 0.29) is 21.8 Å². The van der Waals surface area contributed by atoms with E-state index >= 15 is 0 Å². The molecule has 1 heterocycles. The molecular formula is C19H13ClF2N4O3. The topological polar surface area (TPSA) is 102 Å². The summed E-state index contributed by atoms with van der Waals surface area (Å²) in [5.41, 5.74) is -2.00. The number of nitrogens with one attached hydrogen (secondary N) is 2. The van der Waals surface area contributed by atoms with Crippen molar-refractivity contribution in [2.75, 3.05) is 11.9 Å². The summed E-state index contributed by atoms with van der Waals surface area (Å²) >= 11 is 5.85. The Morgan fingerprint density at radius 1 is 1.28 bits per heavy atom. The van der Waals surface area contributed by atoms with Crippen molar-refractivity contribution in [3.05, 3.63) is 64.2 Å². The number of benzene rings is 2. The molecule has 2 aromatic rings. The van der Waals surface area contributed by atoms with Gasteiger partial charge in [0.05, 0.1) is 11.3 Å². The molecule has 2 N–H and O–H groups in total. The lowest BCUT2D eigenvalue weighted by molar-refractivity contribution is -0.133. The van der Waals surface area contributed by atoms with E-state index < -0.39 is 41.6 Å². The number of amides is 4. The molecule has 0 radical (unpaired) electrons. The van der Waals surface area contributed by atoms with Gasteiger partial charge in [-0.15, -0.1) is 0 Å². The number of anilines is 1. The smallest absolute Gasteiger partial charge is 0.323 e. The molecule has 0 bridgehead atoms. The van der Waals surface area contributed by atoms with Crippen LogP contribution < -0.4 is 10.6 Å². The van der Waals surface area contributed by atoms with E-state index in [1.165, 1.54) is 25.1 Å². The molecule has 1 unspecified atom stereocenters. The summed E-state index contributed by atoms with van der Waals surface area (Å²) in [6.07, 6.45) is 0. The van der Waals surface area contributed by atoms with E-state index in [0.717, 1.165) is 18.2 Å². The van der Waals surface area contributed by atoms with E-state index in [2.05, 4.69) is 10.6 Å². The average Bonchev–Trinajstić information content (AvgIpc) is 2.88. The number of imide groups is 1. The highest BCUT2D eigenvalue weighted by atomic mass is 35.5. The summed E-state index contributed by atoms with van der Waals surface area (Å²) in [6, 6.07) is 7.67. The van der Waals surface area contributed by atoms with Crippen LogP contribution in [-0.4, -0.2) is 29.3 Å². The lowest BCUT2D eigenvalue weighted by atomic mass is 9.91. The molecule has 10 heteroatoms. The van der Waals surface area contributed by atoms with E-state index in [4.69, 9.17) is 16.9 Å². The van der Waals surface area contributed by atoms with Crippen LogP contribution >= 0.6 is 11.6 Å². The number of urea groups is 1. The maximum atomic E-state index is 14.2. The van der Waals surface area contributed by atoms with Crippen LogP contribution in [0, 0.1) is 23.0 Å². The summed E-state index contributed by atoms with van der Waals surface area (Å²) in [5, 5.41) is 14.1. The third-order valence-corrected chi connectivity index (χ3v) is 4.66. The molecule has 1 fully saturated rings. The third kappa shape index (κ3) is 3.75. The third-order valence-electron chi connectivity index (χ3n) is 4.42. The quantitative estimate of drug-likeness (QED) is 0.745. The molecule has 1 atom stereocenters. The van der Waals surface area contributed by atoms with Gasteiger partial charge in [-0.2, -0.15) is 5.26 Å². The Morgan fingerprint density at radius 3 is 2.69 bits per heavy atom. The zero-order valence-corrected chi connectivity index (χ0v) is 15.7. The van der Waals surface area contributed by atoms with Crippen molar-refractivity contribution >= 4 is 35.1 Å². The second-order valence-corrected chi connectivity index (χ2v) is 6.86. The molecule has 1 aliphatic heterocycles. The first kappa shape index (κ1) is 20.2. The first-order valence-corrected chi connectivity index (χ1v) is 8.62. The predicted molar refractivity (Wildman–Crippen MR) is 98.8 cm³/mol. The van der Waals surface area contributed by atoms with Gasteiger partial charge in [0.15, 0.2) is 0 Å². The van der Waals surface area contributed by atoms with Crippen LogP contribution in [0.3, 0.4) is 0 Å². The lowest BCUT2D eigenvalue weighted by Crippen LogP contribution is -2.42. The Bertz CT molecular complexity index is 1090. The van der Waals surface area contributed by atoms with Gasteiger partial charge in [0.1, 0.15) is 29.8 Å². The van der Waals surface area contributed by atoms with Crippen LogP contribution in [0.4, 0.5) is 19.3 Å². The van der Waals surface area contributed by atoms with Gasteiger partial charge in [-0.3, -0.25) is 14.5 Å². The highest BCUT2D eigenvalue weighted by molar-refractivity contribution is 6.31. The normalized spacial score (nSPS) is 18.4. The van der Waals surface area contributed by atoms with Crippen LogP contribution in [-0.2, 0) is 15.1 Å². The van der Waals surface area contributed by atoms with Crippen molar-refractivity contribution in [1.29, 1.82) is 5.26 Å². The van der Waals surface area contributed by atoms with Gasteiger partial charge in [-0.25, -0.2) is 13.6 Å². The van der Waals surface area contributed by atoms with Gasteiger partial charge in [-0.05, 0) is 43.3 Å². The van der Waals surface area contributed by atoms with Crippen LogP contribution in [0.2, 0.25) is 5.02 Å². The zero-order chi connectivity index (χ0) is 21.3. The fourth-order valence-corrected chi connectivity index (χ4v) is 3.13. The minimum atomic E-state index is -1.88. The molecule has 3 rings (SSSR count). The number of halogens is 3. The molecule has 1 saturated heterocycles. The van der Waals surface area contributed by atoms with Crippen molar-refractivity contribution in [2.45, 2.75) is 12.5 Å². The van der Waals surface area contributed by atoms with Crippen molar-refractivity contribution in [3.8, 4) is 6.07 Å². The monoisotopic (exact) mass is 418 g/mol. The van der Waals surface area contributed by atoms with Gasteiger partial charge < -0.3 is 10.6 Å². The summed E-state index contributed by atoms with van der Waals surface area (Å²) in [5.74, 6) is -3.37. The van der Waals surface area contributed by atoms with Crippen molar-refractivity contribution in [2.24, 2.45) is 0 Å². The lowest BCUT2D eigenvalue weighted by Gasteiger charge is -2.22. The van der Waals surface area contributed by atoms with Crippen LogP contribution in [0.15, 0.2) is 36.4 Å². The van der Waals surface area contributed by atoms with Gasteiger partial charge >= 0.3 is 6.03 Å². The molecule has 148 valence electrons. The molecule has 0 aromatic heterocycles. The average molecular weight is 419 g/mol. The standard InChI is InChI=1S/C19H13ClF2N4O3/c1-19(13-7-12(21)4-5-14(13)22)17(28)26(18(29)25-19)9-16(27)24-15-6-11(20)3-2-10(15)8-23/h2-7H,9H2,1H3,(H,24,27)(H,25,29). The Morgan fingerprint density at radius 2 is 2.00 bits per heavy atom. The predicted octanol–water partition coefficient (Wildman–Crippen LogP) is 2.90. The summed E-state index contributed by atoms with van der Waals surface area (Å²) in [6.45, 7) is 0.516. The number of hydrogen-bond acceptors (Lipinski definition) is 4. The minimum Gasteiger partial charge on any atom is -0.323 e. The fourth-order valence-electron chi connectivity index (χ4n) is 2.95. The van der Waals surface area contributed by atoms with E-state index in [0.29, 0.717) is 4.90 Å². The molecule has 0 spiro atoms. The first-order chi connectivity index (χ1) is 13.7. The Kier molecular flexibility index (Phi) is 5.22. The summed E-state index contributed by atoms with van der Waals surface area (Å²) in [4.78, 5) is 37.9. The van der Waals surface area contributed by atoms with E-state index in [9.17, 15) is 23.2 Å². The molecule has 0 aliphatic carbocycles. The van der Waals surface area contributed by atoms with Crippen molar-refractivity contribution in [3.63, 3.8) is 0 Å². The van der Waals surface area contributed by atoms with Crippen LogP contribution in [0.5, 0.6) is 0 Å². The van der Waals surface area contributed by atoms with Crippen molar-refractivity contribution < 1.29 is 23.2 Å². The summed E-state index contributed by atoms with van der Waals surface area (Å²) < 4.78 is 27.7. The second-order valence-electron chi connectivity index (χ2n) is 6.42. The number of rotatable bonds is 4. The maximum absolute atomic E-state index is 14.2. The minimum absolute atomic E-state index is 0.107. The fraction of sp³-hybridized carbons (Fsp3) is 0.158. The Balaban J connectivity index is 1.82. The van der Waals surface area contributed by atoms with Crippen molar-refractivity contribution in [1.82, 2.24) is 10.2 Å². The van der Waals surface area contributed by atoms with Gasteiger partial charge in [-0.1, -0.05) is 11.6 Å². The summed E-state index contributed by atoms with van der Waals surface area (Å²) in [7, 11) is 0. The second kappa shape index (κ2) is 7.48. The molecule has 0 saturated carbocycles. The molecule has 4 amide bonds. The maximum Gasteiger partial charge on any atom is 0.325 e. The molecule has 29 heavy (non-hydrogen) atoms. The first-order valence-electron chi connectivity index (χ1n) is 8.25. The zero-order valence-electron chi connectivity index (χ0n) is 14.9. The van der Waals surface area contributed by atoms with E-state index in [1.807, 2.05) is 6.07 Å². The SMILES string of the molecule is CC1(c2cc(F)ccc2F)NC(=O)N(CC(=O)Nc2cc(Cl)ccc2C#N)C1=O. The highest BCUT2D eigenvalue weighted by Gasteiger charge is 2.50. The number of nitrogens with zero attached hydrogens (tertiary/aromatic N) is 2. The number of hydrogen-bond donors (Lipinski definition) is 2. The highest BCUT2D eigenvalue weighted by Crippen LogP contribution is 2.31. The van der Waals surface area contributed by atoms with E-state index in [1.54, 1.807) is 0 Å². The van der Waals surface area contributed by atoms with Crippen LogP contribution in [0.25, 0.3) is 0 Å². The molecule has 1 aliphatic rings. The molecule has 2 aromatic carbocycles.